The van der Waals surface area contributed by atoms with Crippen molar-refractivity contribution in [2.24, 2.45) is 0 Å². The molecule has 0 radical (unpaired) electrons. The molecule has 0 amide bonds. The topological polar surface area (TPSA) is 20.2 Å². The first kappa shape index (κ1) is 13.8. The number of phenols is 1. The Kier molecular flexibility index (Phi) is 3.27. The maximum absolute atomic E-state index is 10.8. The summed E-state index contributed by atoms with van der Waals surface area (Å²) in [5.74, 6) is 0.522. The zero-order valence-electron chi connectivity index (χ0n) is 13.0. The Hall–Kier alpha value is -2.80. The molecule has 112 valence electrons. The van der Waals surface area contributed by atoms with Gasteiger partial charge in [-0.25, -0.2) is 0 Å². The Morgan fingerprint density at radius 1 is 0.609 bits per heavy atom. The van der Waals surface area contributed by atoms with Crippen LogP contribution >= 0.6 is 0 Å². The SMILES string of the molecule is CC(c1ccc2ccccc2c1O)c1cccc2ccccc12. The highest BCUT2D eigenvalue weighted by molar-refractivity contribution is 5.91. The van der Waals surface area contributed by atoms with Crippen molar-refractivity contribution >= 4 is 21.5 Å². The van der Waals surface area contributed by atoms with E-state index in [9.17, 15) is 5.11 Å². The van der Waals surface area contributed by atoms with Gasteiger partial charge in [0.2, 0.25) is 0 Å². The summed E-state index contributed by atoms with van der Waals surface area (Å²) in [6, 6.07) is 26.9. The van der Waals surface area contributed by atoms with Crippen LogP contribution < -0.4 is 0 Å². The van der Waals surface area contributed by atoms with Gasteiger partial charge in [0, 0.05) is 16.9 Å². The molecule has 0 bridgehead atoms. The van der Waals surface area contributed by atoms with Crippen LogP contribution in [0.5, 0.6) is 5.75 Å². The van der Waals surface area contributed by atoms with Gasteiger partial charge >= 0.3 is 0 Å². The summed E-state index contributed by atoms with van der Waals surface area (Å²) in [6.07, 6.45) is 0. The Morgan fingerprint density at radius 2 is 1.22 bits per heavy atom. The van der Waals surface area contributed by atoms with Crippen LogP contribution in [0.25, 0.3) is 21.5 Å². The molecule has 4 aromatic carbocycles. The summed E-state index contributed by atoms with van der Waals surface area (Å²) in [7, 11) is 0. The molecule has 1 atom stereocenters. The normalized spacial score (nSPS) is 12.6. The van der Waals surface area contributed by atoms with E-state index in [0.29, 0.717) is 5.75 Å². The van der Waals surface area contributed by atoms with Crippen LogP contribution in [0, 0.1) is 0 Å². The van der Waals surface area contributed by atoms with Gasteiger partial charge in [0.05, 0.1) is 0 Å². The summed E-state index contributed by atoms with van der Waals surface area (Å²) in [6.45, 7) is 2.16. The van der Waals surface area contributed by atoms with Gasteiger partial charge in [-0.3, -0.25) is 0 Å². The number of fused-ring (bicyclic) bond motifs is 2. The Labute approximate surface area is 135 Å². The van der Waals surface area contributed by atoms with Crippen molar-refractivity contribution in [3.05, 3.63) is 90.0 Å². The quantitative estimate of drug-likeness (QED) is 0.492. The Balaban J connectivity index is 1.91. The van der Waals surface area contributed by atoms with E-state index in [4.69, 9.17) is 0 Å². The van der Waals surface area contributed by atoms with E-state index in [0.717, 1.165) is 16.3 Å². The lowest BCUT2D eigenvalue weighted by Crippen LogP contribution is -1.98. The minimum atomic E-state index is 0.130. The lowest BCUT2D eigenvalue weighted by Gasteiger charge is -2.17. The van der Waals surface area contributed by atoms with Gasteiger partial charge < -0.3 is 5.11 Å². The largest absolute Gasteiger partial charge is 0.507 e. The second-order valence-corrected chi connectivity index (χ2v) is 6.01. The van der Waals surface area contributed by atoms with E-state index < -0.39 is 0 Å². The summed E-state index contributed by atoms with van der Waals surface area (Å²) in [5.41, 5.74) is 2.22. The maximum Gasteiger partial charge on any atom is 0.127 e. The number of rotatable bonds is 2. The molecule has 0 heterocycles. The number of phenolic OH excluding ortho intramolecular Hbond substituents is 1. The molecule has 23 heavy (non-hydrogen) atoms. The van der Waals surface area contributed by atoms with E-state index >= 15 is 0 Å². The predicted molar refractivity (Wildman–Crippen MR) is 97.1 cm³/mol. The van der Waals surface area contributed by atoms with Gasteiger partial charge in [0.15, 0.2) is 0 Å². The van der Waals surface area contributed by atoms with E-state index in [-0.39, 0.29) is 5.92 Å². The van der Waals surface area contributed by atoms with Crippen LogP contribution in [0.3, 0.4) is 0 Å². The summed E-state index contributed by atoms with van der Waals surface area (Å²) in [5, 5.41) is 15.2. The monoisotopic (exact) mass is 298 g/mol. The van der Waals surface area contributed by atoms with Crippen molar-refractivity contribution < 1.29 is 5.11 Å². The molecular formula is C22H18O. The van der Waals surface area contributed by atoms with Crippen molar-refractivity contribution in [1.29, 1.82) is 0 Å². The highest BCUT2D eigenvalue weighted by Gasteiger charge is 2.16. The highest BCUT2D eigenvalue weighted by atomic mass is 16.3. The molecule has 0 fully saturated rings. The third kappa shape index (κ3) is 2.25. The smallest absolute Gasteiger partial charge is 0.127 e. The van der Waals surface area contributed by atoms with Gasteiger partial charge in [-0.2, -0.15) is 0 Å². The van der Waals surface area contributed by atoms with E-state index in [2.05, 4.69) is 55.5 Å². The molecule has 4 rings (SSSR count). The van der Waals surface area contributed by atoms with E-state index in [1.54, 1.807) is 0 Å². The molecule has 1 nitrogen and oxygen atoms in total. The molecule has 1 unspecified atom stereocenters. The fraction of sp³-hybridized carbons (Fsp3) is 0.0909. The third-order valence-corrected chi connectivity index (χ3v) is 4.69. The lowest BCUT2D eigenvalue weighted by molar-refractivity contribution is 0.473. The average Bonchev–Trinajstić information content (AvgIpc) is 2.61. The first-order chi connectivity index (χ1) is 11.3. The molecule has 1 N–H and O–H groups in total. The third-order valence-electron chi connectivity index (χ3n) is 4.69. The van der Waals surface area contributed by atoms with Crippen molar-refractivity contribution in [2.75, 3.05) is 0 Å². The van der Waals surface area contributed by atoms with Crippen LogP contribution in [-0.4, -0.2) is 5.11 Å². The van der Waals surface area contributed by atoms with Gasteiger partial charge in [-0.05, 0) is 21.7 Å². The Bertz CT molecular complexity index is 996. The molecule has 0 aliphatic carbocycles. The van der Waals surface area contributed by atoms with E-state index in [1.165, 1.54) is 16.3 Å². The van der Waals surface area contributed by atoms with Crippen LogP contribution in [0.2, 0.25) is 0 Å². The highest BCUT2D eigenvalue weighted by Crippen LogP contribution is 2.38. The van der Waals surface area contributed by atoms with Gasteiger partial charge in [-0.1, -0.05) is 85.8 Å². The molecule has 0 spiro atoms. The van der Waals surface area contributed by atoms with Crippen molar-refractivity contribution in [2.45, 2.75) is 12.8 Å². The molecule has 0 saturated carbocycles. The zero-order chi connectivity index (χ0) is 15.8. The number of hydrogen-bond acceptors (Lipinski definition) is 1. The standard InChI is InChI=1S/C22H18O/c1-15(18-12-6-9-16-7-2-4-10-20(16)18)19-14-13-17-8-3-5-11-21(17)22(19)23/h2-15,23H,1H3. The van der Waals surface area contributed by atoms with Crippen LogP contribution in [0.1, 0.15) is 24.0 Å². The summed E-state index contributed by atoms with van der Waals surface area (Å²) >= 11 is 0. The minimum absolute atomic E-state index is 0.130. The van der Waals surface area contributed by atoms with Gasteiger partial charge in [0.1, 0.15) is 5.75 Å². The fourth-order valence-corrected chi connectivity index (χ4v) is 3.42. The van der Waals surface area contributed by atoms with Crippen molar-refractivity contribution in [1.82, 2.24) is 0 Å². The van der Waals surface area contributed by atoms with Crippen molar-refractivity contribution in [3.63, 3.8) is 0 Å². The van der Waals surface area contributed by atoms with Gasteiger partial charge in [-0.15, -0.1) is 0 Å². The lowest BCUT2D eigenvalue weighted by atomic mass is 9.87. The molecule has 0 aromatic heterocycles. The first-order valence-corrected chi connectivity index (χ1v) is 7.94. The average molecular weight is 298 g/mol. The molecule has 0 aliphatic heterocycles. The molecule has 0 aliphatic rings. The fourth-order valence-electron chi connectivity index (χ4n) is 3.42. The second kappa shape index (κ2) is 5.44. The number of hydrogen-bond donors (Lipinski definition) is 1. The van der Waals surface area contributed by atoms with Crippen molar-refractivity contribution in [3.8, 4) is 5.75 Å². The van der Waals surface area contributed by atoms with Crippen LogP contribution in [0.4, 0.5) is 0 Å². The van der Waals surface area contributed by atoms with Crippen LogP contribution in [0.15, 0.2) is 78.9 Å². The first-order valence-electron chi connectivity index (χ1n) is 7.94. The Morgan fingerprint density at radius 3 is 2.00 bits per heavy atom. The zero-order valence-corrected chi connectivity index (χ0v) is 13.0. The summed E-state index contributed by atoms with van der Waals surface area (Å²) in [4.78, 5) is 0. The molecular weight excluding hydrogens is 280 g/mol. The molecule has 4 aromatic rings. The predicted octanol–water partition coefficient (Wildman–Crippen LogP) is 5.85. The van der Waals surface area contributed by atoms with Gasteiger partial charge in [0.25, 0.3) is 0 Å². The minimum Gasteiger partial charge on any atom is -0.507 e. The molecule has 1 heteroatoms. The number of benzene rings is 4. The van der Waals surface area contributed by atoms with E-state index in [1.807, 2.05) is 30.3 Å². The summed E-state index contributed by atoms with van der Waals surface area (Å²) < 4.78 is 0. The van der Waals surface area contributed by atoms with Crippen LogP contribution in [-0.2, 0) is 0 Å². The second-order valence-electron chi connectivity index (χ2n) is 6.01. The maximum atomic E-state index is 10.8. The number of aromatic hydroxyl groups is 1. The molecule has 0 saturated heterocycles.